The van der Waals surface area contributed by atoms with Gasteiger partial charge in [0.15, 0.2) is 5.69 Å². The van der Waals surface area contributed by atoms with Crippen LogP contribution < -0.4 is 5.32 Å². The predicted octanol–water partition coefficient (Wildman–Crippen LogP) is 0.805. The number of nitrogens with one attached hydrogen (secondary N) is 1. The second kappa shape index (κ2) is 5.59. The molecule has 0 unspecified atom stereocenters. The fraction of sp³-hybridized carbons (Fsp3) is 0.333. The van der Waals surface area contributed by atoms with Crippen molar-refractivity contribution < 1.29 is 32.3 Å². The SMILES string of the molecule is O=C(O)c1cnc(C(=O)NCC(F)(F)C(F)F)cn1. The number of aromatic carboxylic acids is 1. The lowest BCUT2D eigenvalue weighted by Crippen LogP contribution is -2.41. The number of aromatic nitrogens is 2. The molecule has 1 rings (SSSR count). The number of nitrogens with zero attached hydrogens (tertiary/aromatic N) is 2. The summed E-state index contributed by atoms with van der Waals surface area (Å²) in [5.74, 6) is -6.90. The number of carbonyl (C=O) groups excluding carboxylic acids is 1. The fourth-order valence-electron chi connectivity index (χ4n) is 0.922. The molecule has 0 aliphatic heterocycles. The molecule has 1 amide bonds. The normalized spacial score (nSPS) is 11.4. The molecule has 1 heterocycles. The quantitative estimate of drug-likeness (QED) is 0.779. The van der Waals surface area contributed by atoms with Crippen molar-refractivity contribution in [2.75, 3.05) is 6.54 Å². The van der Waals surface area contributed by atoms with E-state index >= 15 is 0 Å². The van der Waals surface area contributed by atoms with E-state index in [0.29, 0.717) is 0 Å². The minimum absolute atomic E-state index is 0.450. The number of amides is 1. The molecular weight excluding hydrogens is 274 g/mol. The van der Waals surface area contributed by atoms with E-state index in [1.807, 2.05) is 0 Å². The number of rotatable bonds is 5. The van der Waals surface area contributed by atoms with Gasteiger partial charge in [-0.25, -0.2) is 23.5 Å². The zero-order chi connectivity index (χ0) is 14.6. The average molecular weight is 281 g/mol. The maximum Gasteiger partial charge on any atom is 0.356 e. The van der Waals surface area contributed by atoms with Crippen LogP contribution in [-0.2, 0) is 0 Å². The van der Waals surface area contributed by atoms with E-state index in [2.05, 4.69) is 9.97 Å². The van der Waals surface area contributed by atoms with Gasteiger partial charge in [-0.05, 0) is 0 Å². The van der Waals surface area contributed by atoms with Crippen LogP contribution in [0.3, 0.4) is 0 Å². The van der Waals surface area contributed by atoms with Gasteiger partial charge in [0.1, 0.15) is 5.69 Å². The Hall–Kier alpha value is -2.26. The summed E-state index contributed by atoms with van der Waals surface area (Å²) < 4.78 is 48.7. The van der Waals surface area contributed by atoms with Crippen LogP contribution in [0.5, 0.6) is 0 Å². The maximum absolute atomic E-state index is 12.5. The van der Waals surface area contributed by atoms with Gasteiger partial charge in [0.25, 0.3) is 5.91 Å². The number of hydrogen-bond acceptors (Lipinski definition) is 4. The lowest BCUT2D eigenvalue weighted by Gasteiger charge is -2.15. The summed E-state index contributed by atoms with van der Waals surface area (Å²) in [6, 6.07) is 0. The van der Waals surface area contributed by atoms with E-state index in [0.717, 1.165) is 12.4 Å². The highest BCUT2D eigenvalue weighted by Crippen LogP contribution is 2.21. The molecule has 0 radical (unpaired) electrons. The van der Waals surface area contributed by atoms with E-state index < -0.39 is 42.2 Å². The summed E-state index contributed by atoms with van der Waals surface area (Å²) in [4.78, 5) is 28.4. The lowest BCUT2D eigenvalue weighted by molar-refractivity contribution is -0.123. The zero-order valence-corrected chi connectivity index (χ0v) is 9.11. The minimum atomic E-state index is -4.36. The van der Waals surface area contributed by atoms with Crippen LogP contribution in [0, 0.1) is 0 Å². The van der Waals surface area contributed by atoms with E-state index in [-0.39, 0.29) is 0 Å². The third-order valence-corrected chi connectivity index (χ3v) is 1.91. The van der Waals surface area contributed by atoms with Crippen molar-refractivity contribution in [2.24, 2.45) is 0 Å². The van der Waals surface area contributed by atoms with Crippen LogP contribution >= 0.6 is 0 Å². The number of carboxylic acids is 1. The van der Waals surface area contributed by atoms with Crippen molar-refractivity contribution in [2.45, 2.75) is 12.3 Å². The first-order valence-corrected chi connectivity index (χ1v) is 4.73. The molecule has 1 aromatic rings. The molecule has 2 N–H and O–H groups in total. The van der Waals surface area contributed by atoms with Crippen LogP contribution in [0.15, 0.2) is 12.4 Å². The molecule has 0 spiro atoms. The van der Waals surface area contributed by atoms with Crippen LogP contribution in [0.4, 0.5) is 17.6 Å². The largest absolute Gasteiger partial charge is 0.476 e. The first-order valence-electron chi connectivity index (χ1n) is 4.73. The molecule has 0 fully saturated rings. The Morgan fingerprint density at radius 3 is 2.21 bits per heavy atom. The summed E-state index contributed by atoms with van der Waals surface area (Å²) in [7, 11) is 0. The van der Waals surface area contributed by atoms with Gasteiger partial charge in [0.2, 0.25) is 0 Å². The molecule has 6 nitrogen and oxygen atoms in total. The van der Waals surface area contributed by atoms with Gasteiger partial charge in [-0.3, -0.25) is 4.79 Å². The molecule has 0 aliphatic carbocycles. The number of carboxylic acid groups (broad SMARTS) is 1. The second-order valence-electron chi connectivity index (χ2n) is 3.34. The number of halogens is 4. The van der Waals surface area contributed by atoms with Crippen molar-refractivity contribution in [3.05, 3.63) is 23.8 Å². The maximum atomic E-state index is 12.5. The first kappa shape index (κ1) is 14.8. The molecule has 19 heavy (non-hydrogen) atoms. The summed E-state index contributed by atoms with van der Waals surface area (Å²) >= 11 is 0. The molecule has 0 saturated carbocycles. The van der Waals surface area contributed by atoms with Gasteiger partial charge in [-0.1, -0.05) is 0 Å². The highest BCUT2D eigenvalue weighted by molar-refractivity contribution is 5.92. The smallest absolute Gasteiger partial charge is 0.356 e. The standard InChI is InChI=1S/C9H7F4N3O3/c10-8(11)9(12,13)3-16-6(17)4-1-15-5(2-14-4)7(18)19/h1-2,8H,3H2,(H,16,17)(H,18,19). The van der Waals surface area contributed by atoms with Crippen molar-refractivity contribution in [1.82, 2.24) is 15.3 Å². The van der Waals surface area contributed by atoms with Crippen LogP contribution in [-0.4, -0.2) is 45.8 Å². The molecule has 0 aliphatic rings. The Labute approximate surface area is 103 Å². The van der Waals surface area contributed by atoms with Crippen LogP contribution in [0.2, 0.25) is 0 Å². The Balaban J connectivity index is 2.66. The highest BCUT2D eigenvalue weighted by Gasteiger charge is 2.40. The minimum Gasteiger partial charge on any atom is -0.476 e. The summed E-state index contributed by atoms with van der Waals surface area (Å²) in [6.45, 7) is -1.56. The fourth-order valence-corrected chi connectivity index (χ4v) is 0.922. The van der Waals surface area contributed by atoms with Crippen molar-refractivity contribution >= 4 is 11.9 Å². The Bertz CT molecular complexity index is 478. The van der Waals surface area contributed by atoms with Crippen molar-refractivity contribution in [3.8, 4) is 0 Å². The molecule has 0 aromatic carbocycles. The number of alkyl halides is 4. The van der Waals surface area contributed by atoms with Gasteiger partial charge in [0, 0.05) is 0 Å². The molecular formula is C9H7F4N3O3. The van der Waals surface area contributed by atoms with Gasteiger partial charge in [-0.15, -0.1) is 0 Å². The molecule has 0 atom stereocenters. The average Bonchev–Trinajstić information content (AvgIpc) is 2.36. The summed E-state index contributed by atoms with van der Waals surface area (Å²) in [5, 5.41) is 10.1. The van der Waals surface area contributed by atoms with Gasteiger partial charge < -0.3 is 10.4 Å². The predicted molar refractivity (Wildman–Crippen MR) is 52.3 cm³/mol. The van der Waals surface area contributed by atoms with E-state index in [4.69, 9.17) is 5.11 Å². The second-order valence-corrected chi connectivity index (χ2v) is 3.34. The van der Waals surface area contributed by atoms with Crippen molar-refractivity contribution in [3.63, 3.8) is 0 Å². The molecule has 1 aromatic heterocycles. The van der Waals surface area contributed by atoms with Crippen LogP contribution in [0.25, 0.3) is 0 Å². The topological polar surface area (TPSA) is 92.2 Å². The summed E-state index contributed by atoms with van der Waals surface area (Å²) in [6.07, 6.45) is -2.43. The lowest BCUT2D eigenvalue weighted by atomic mass is 10.3. The third-order valence-electron chi connectivity index (χ3n) is 1.91. The first-order chi connectivity index (χ1) is 8.74. The highest BCUT2D eigenvalue weighted by atomic mass is 19.3. The molecule has 0 saturated heterocycles. The van der Waals surface area contributed by atoms with E-state index in [1.165, 1.54) is 0 Å². The zero-order valence-electron chi connectivity index (χ0n) is 9.11. The third kappa shape index (κ3) is 3.86. The van der Waals surface area contributed by atoms with E-state index in [1.54, 1.807) is 5.32 Å². The Morgan fingerprint density at radius 2 is 1.79 bits per heavy atom. The summed E-state index contributed by atoms with van der Waals surface area (Å²) in [5.41, 5.74) is -0.912. The van der Waals surface area contributed by atoms with Gasteiger partial charge >= 0.3 is 18.3 Å². The van der Waals surface area contributed by atoms with Gasteiger partial charge in [0.05, 0.1) is 18.9 Å². The van der Waals surface area contributed by atoms with Crippen molar-refractivity contribution in [1.29, 1.82) is 0 Å². The monoisotopic (exact) mass is 281 g/mol. The Morgan fingerprint density at radius 1 is 1.26 bits per heavy atom. The molecule has 10 heteroatoms. The molecule has 104 valence electrons. The number of carbonyl (C=O) groups is 2. The number of hydrogen-bond donors (Lipinski definition) is 2. The van der Waals surface area contributed by atoms with Gasteiger partial charge in [-0.2, -0.15) is 8.78 Å². The van der Waals surface area contributed by atoms with E-state index in [9.17, 15) is 27.2 Å². The Kier molecular flexibility index (Phi) is 4.35. The molecule has 0 bridgehead atoms. The van der Waals surface area contributed by atoms with Crippen LogP contribution in [0.1, 0.15) is 21.0 Å².